The van der Waals surface area contributed by atoms with Gasteiger partial charge < -0.3 is 15.0 Å². The second kappa shape index (κ2) is 7.64. The van der Waals surface area contributed by atoms with E-state index in [1.807, 2.05) is 0 Å². The molecule has 8 nitrogen and oxygen atoms in total. The maximum atomic E-state index is 13.3. The third-order valence-electron chi connectivity index (χ3n) is 5.88. The predicted molar refractivity (Wildman–Crippen MR) is 88.8 cm³/mol. The fourth-order valence-corrected chi connectivity index (χ4v) is 4.32. The van der Waals surface area contributed by atoms with Crippen molar-refractivity contribution in [3.8, 4) is 0 Å². The number of piperidine rings is 1. The van der Waals surface area contributed by atoms with Crippen molar-refractivity contribution in [2.45, 2.75) is 44.4 Å². The van der Waals surface area contributed by atoms with Crippen molar-refractivity contribution >= 4 is 11.9 Å². The van der Waals surface area contributed by atoms with Crippen molar-refractivity contribution in [3.05, 3.63) is 11.6 Å². The minimum Gasteiger partial charge on any atom is -0.432 e. The number of fused-ring (bicyclic) bond motifs is 1. The van der Waals surface area contributed by atoms with Crippen LogP contribution in [-0.4, -0.2) is 57.4 Å². The average molecular weight is 455 g/mol. The number of nitrogens with one attached hydrogen (secondary N) is 1. The summed E-state index contributed by atoms with van der Waals surface area (Å²) < 4.78 is 82.6. The molecule has 1 saturated heterocycles. The van der Waals surface area contributed by atoms with Gasteiger partial charge in [-0.25, -0.2) is 4.79 Å². The van der Waals surface area contributed by atoms with Crippen LogP contribution in [0.15, 0.2) is 0 Å². The number of carbonyl (C=O) groups excluding carboxylic acids is 2. The summed E-state index contributed by atoms with van der Waals surface area (Å²) in [7, 11) is 0. The van der Waals surface area contributed by atoms with Crippen LogP contribution in [0.4, 0.5) is 26.3 Å². The molecule has 2 fully saturated rings. The van der Waals surface area contributed by atoms with Crippen LogP contribution in [0, 0.1) is 17.8 Å². The normalized spacial score (nSPS) is 27.0. The average Bonchev–Trinajstić information content (AvgIpc) is 3.43. The van der Waals surface area contributed by atoms with E-state index >= 15 is 0 Å². The Balaban J connectivity index is 1.62. The quantitative estimate of drug-likeness (QED) is 0.553. The molecule has 0 aromatic carbocycles. The van der Waals surface area contributed by atoms with Gasteiger partial charge in [-0.3, -0.25) is 9.36 Å². The predicted octanol–water partition coefficient (Wildman–Crippen LogP) is 1.88. The van der Waals surface area contributed by atoms with Gasteiger partial charge in [0, 0.05) is 5.92 Å². The first-order valence-electron chi connectivity index (χ1n) is 9.75. The summed E-state index contributed by atoms with van der Waals surface area (Å²) in [6, 6.07) is 0. The standard InChI is InChI=1S/C17H19F6N5O3/c18-16(19,20)14-26-25-11-6-27(7-12(28(11)14)31-15(30)17(21,22)23)13(29)9-3-4-24-5-10(9)8-1-2-8/h8-10,12,24H,1-7H2/t9-,10-,12?/m1/s1. The van der Waals surface area contributed by atoms with Crippen molar-refractivity contribution in [2.75, 3.05) is 19.6 Å². The van der Waals surface area contributed by atoms with E-state index in [2.05, 4.69) is 20.3 Å². The highest BCUT2D eigenvalue weighted by molar-refractivity contribution is 5.80. The van der Waals surface area contributed by atoms with Gasteiger partial charge in [-0.05, 0) is 44.2 Å². The molecule has 14 heteroatoms. The zero-order valence-corrected chi connectivity index (χ0v) is 16.0. The second-order valence-corrected chi connectivity index (χ2v) is 7.98. The lowest BCUT2D eigenvalue weighted by atomic mass is 9.82. The van der Waals surface area contributed by atoms with E-state index in [9.17, 15) is 35.9 Å². The molecule has 1 aromatic rings. The molecular formula is C17H19F6N5O3. The number of ether oxygens (including phenoxy) is 1. The summed E-state index contributed by atoms with van der Waals surface area (Å²) in [5.74, 6) is -5.04. The van der Waals surface area contributed by atoms with Gasteiger partial charge in [-0.15, -0.1) is 10.2 Å². The Kier molecular flexibility index (Phi) is 5.38. The smallest absolute Gasteiger partial charge is 0.432 e. The van der Waals surface area contributed by atoms with E-state index in [1.165, 1.54) is 0 Å². The minimum atomic E-state index is -5.41. The van der Waals surface area contributed by atoms with Crippen molar-refractivity contribution in [3.63, 3.8) is 0 Å². The third kappa shape index (κ3) is 4.34. The maximum Gasteiger partial charge on any atom is 0.491 e. The van der Waals surface area contributed by atoms with E-state index in [0.29, 0.717) is 30.0 Å². The van der Waals surface area contributed by atoms with Gasteiger partial charge in [0.25, 0.3) is 0 Å². The molecule has 0 radical (unpaired) electrons. The molecule has 1 saturated carbocycles. The molecule has 1 aliphatic carbocycles. The van der Waals surface area contributed by atoms with Gasteiger partial charge in [0.2, 0.25) is 11.7 Å². The molecule has 3 heterocycles. The highest BCUT2D eigenvalue weighted by Crippen LogP contribution is 2.43. The van der Waals surface area contributed by atoms with Crippen LogP contribution in [0.5, 0.6) is 0 Å². The molecule has 1 aromatic heterocycles. The van der Waals surface area contributed by atoms with Gasteiger partial charge in [-0.1, -0.05) is 0 Å². The van der Waals surface area contributed by atoms with Crippen molar-refractivity contribution < 1.29 is 40.7 Å². The summed E-state index contributed by atoms with van der Waals surface area (Å²) in [5, 5.41) is 9.63. The Hall–Kier alpha value is -2.38. The highest BCUT2D eigenvalue weighted by Gasteiger charge is 2.49. The Labute approximate surface area is 171 Å². The van der Waals surface area contributed by atoms with E-state index < -0.39 is 54.6 Å². The summed E-state index contributed by atoms with van der Waals surface area (Å²) in [5.41, 5.74) is 0. The third-order valence-corrected chi connectivity index (χ3v) is 5.88. The van der Waals surface area contributed by atoms with Gasteiger partial charge in [0.15, 0.2) is 12.1 Å². The van der Waals surface area contributed by atoms with E-state index in [-0.39, 0.29) is 12.5 Å². The molecule has 3 atom stereocenters. The van der Waals surface area contributed by atoms with Crippen LogP contribution in [0.2, 0.25) is 0 Å². The highest BCUT2D eigenvalue weighted by atomic mass is 19.4. The molecule has 1 unspecified atom stereocenters. The molecule has 0 bridgehead atoms. The molecule has 3 aliphatic rings. The SMILES string of the molecule is O=C([C@@H]1CCNC[C@@H]1C1CC1)N1Cc2nnc(C(F)(F)F)n2C(OC(=O)C(F)(F)F)C1. The number of amides is 1. The van der Waals surface area contributed by atoms with Crippen LogP contribution >= 0.6 is 0 Å². The number of carbonyl (C=O) groups is 2. The Morgan fingerprint density at radius 2 is 1.77 bits per heavy atom. The molecule has 172 valence electrons. The largest absolute Gasteiger partial charge is 0.491 e. The lowest BCUT2D eigenvalue weighted by Crippen LogP contribution is -2.50. The number of hydrogen-bond acceptors (Lipinski definition) is 6. The monoisotopic (exact) mass is 455 g/mol. The van der Waals surface area contributed by atoms with E-state index in [1.54, 1.807) is 0 Å². The summed E-state index contributed by atoms with van der Waals surface area (Å²) in [6.45, 7) is 0.170. The van der Waals surface area contributed by atoms with Crippen LogP contribution in [0.25, 0.3) is 0 Å². The zero-order chi connectivity index (χ0) is 22.6. The van der Waals surface area contributed by atoms with Crippen molar-refractivity contribution in [1.29, 1.82) is 0 Å². The first-order chi connectivity index (χ1) is 14.5. The number of hydrogen-bond donors (Lipinski definition) is 1. The number of esters is 1. The Bertz CT molecular complexity index is 865. The summed E-state index contributed by atoms with van der Waals surface area (Å²) in [6.07, 6.45) is -10.0. The number of nitrogens with zero attached hydrogens (tertiary/aromatic N) is 4. The van der Waals surface area contributed by atoms with E-state index in [4.69, 9.17) is 0 Å². The first kappa shape index (κ1) is 21.8. The Morgan fingerprint density at radius 1 is 1.06 bits per heavy atom. The molecule has 4 rings (SSSR count). The van der Waals surface area contributed by atoms with Gasteiger partial charge in [-0.2, -0.15) is 26.3 Å². The second-order valence-electron chi connectivity index (χ2n) is 7.98. The number of halogens is 6. The maximum absolute atomic E-state index is 13.3. The fraction of sp³-hybridized carbons (Fsp3) is 0.765. The molecule has 31 heavy (non-hydrogen) atoms. The van der Waals surface area contributed by atoms with Crippen LogP contribution in [0.3, 0.4) is 0 Å². The van der Waals surface area contributed by atoms with Gasteiger partial charge in [0.1, 0.15) is 0 Å². The fourth-order valence-electron chi connectivity index (χ4n) is 4.32. The molecule has 1 N–H and O–H groups in total. The molecular weight excluding hydrogens is 436 g/mol. The van der Waals surface area contributed by atoms with Gasteiger partial charge >= 0.3 is 18.3 Å². The number of rotatable bonds is 3. The van der Waals surface area contributed by atoms with Crippen LogP contribution in [-0.2, 0) is 27.0 Å². The minimum absolute atomic E-state index is 0.0444. The summed E-state index contributed by atoms with van der Waals surface area (Å²) >= 11 is 0. The van der Waals surface area contributed by atoms with Crippen LogP contribution in [0.1, 0.15) is 37.1 Å². The van der Waals surface area contributed by atoms with Crippen molar-refractivity contribution in [2.24, 2.45) is 17.8 Å². The summed E-state index contributed by atoms with van der Waals surface area (Å²) in [4.78, 5) is 25.7. The molecule has 1 amide bonds. The lowest BCUT2D eigenvalue weighted by molar-refractivity contribution is -0.213. The van der Waals surface area contributed by atoms with Crippen LogP contribution < -0.4 is 5.32 Å². The van der Waals surface area contributed by atoms with E-state index in [0.717, 1.165) is 17.7 Å². The number of aromatic nitrogens is 3. The lowest BCUT2D eigenvalue weighted by Gasteiger charge is -2.39. The first-order valence-corrected chi connectivity index (χ1v) is 9.75. The topological polar surface area (TPSA) is 89.3 Å². The number of alkyl halides is 6. The van der Waals surface area contributed by atoms with Crippen molar-refractivity contribution in [1.82, 2.24) is 25.0 Å². The molecule has 2 aliphatic heterocycles. The zero-order valence-electron chi connectivity index (χ0n) is 16.0. The Morgan fingerprint density at radius 3 is 2.39 bits per heavy atom. The van der Waals surface area contributed by atoms with Gasteiger partial charge in [0.05, 0.1) is 13.1 Å². The molecule has 0 spiro atoms.